The van der Waals surface area contributed by atoms with Crippen molar-refractivity contribution in [3.8, 4) is 5.75 Å². The quantitative estimate of drug-likeness (QED) is 0.852. The molecule has 1 aromatic heterocycles. The summed E-state index contributed by atoms with van der Waals surface area (Å²) in [6, 6.07) is 9.44. The van der Waals surface area contributed by atoms with Crippen LogP contribution in [0.25, 0.3) is 0 Å². The van der Waals surface area contributed by atoms with Crippen molar-refractivity contribution >= 4 is 11.6 Å². The Kier molecular flexibility index (Phi) is 3.63. The third-order valence-electron chi connectivity index (χ3n) is 4.99. The average molecular weight is 324 g/mol. The largest absolute Gasteiger partial charge is 0.496 e. The van der Waals surface area contributed by atoms with E-state index in [-0.39, 0.29) is 11.5 Å². The Bertz CT molecular complexity index is 869. The molecular weight excluding hydrogens is 304 g/mol. The lowest BCUT2D eigenvalue weighted by molar-refractivity contribution is 0.0983. The zero-order valence-corrected chi connectivity index (χ0v) is 13.7. The lowest BCUT2D eigenvalue weighted by atomic mass is 10.0. The molecule has 0 saturated carbocycles. The van der Waals surface area contributed by atoms with E-state index < -0.39 is 0 Å². The Morgan fingerprint density at radius 1 is 1.12 bits per heavy atom. The summed E-state index contributed by atoms with van der Waals surface area (Å²) in [6.45, 7) is 1.34. The molecule has 2 aromatic rings. The van der Waals surface area contributed by atoms with Gasteiger partial charge in [-0.3, -0.25) is 9.59 Å². The molecule has 1 amide bonds. The fourth-order valence-corrected chi connectivity index (χ4v) is 3.81. The summed E-state index contributed by atoms with van der Waals surface area (Å²) in [5, 5.41) is 0. The van der Waals surface area contributed by atoms with Crippen molar-refractivity contribution in [3.05, 3.63) is 57.5 Å². The first-order valence-electron chi connectivity index (χ1n) is 8.41. The van der Waals surface area contributed by atoms with Gasteiger partial charge in [0, 0.05) is 30.5 Å². The van der Waals surface area contributed by atoms with Crippen LogP contribution in [0.3, 0.4) is 0 Å². The summed E-state index contributed by atoms with van der Waals surface area (Å²) in [5.74, 6) is 0.324. The van der Waals surface area contributed by atoms with Crippen molar-refractivity contribution in [3.63, 3.8) is 0 Å². The van der Waals surface area contributed by atoms with Gasteiger partial charge >= 0.3 is 0 Å². The monoisotopic (exact) mass is 324 g/mol. The molecule has 2 aliphatic rings. The lowest BCUT2D eigenvalue weighted by Gasteiger charge is -2.25. The maximum Gasteiger partial charge on any atom is 0.263 e. The van der Waals surface area contributed by atoms with Gasteiger partial charge in [-0.15, -0.1) is 0 Å². The Morgan fingerprint density at radius 2 is 1.96 bits per heavy atom. The van der Waals surface area contributed by atoms with Crippen LogP contribution in [0.1, 0.15) is 34.5 Å². The highest BCUT2D eigenvalue weighted by molar-refractivity contribution is 6.09. The first-order valence-corrected chi connectivity index (χ1v) is 8.41. The minimum absolute atomic E-state index is 0.0672. The minimum Gasteiger partial charge on any atom is -0.496 e. The molecule has 0 unspecified atom stereocenters. The number of hydrogen-bond acceptors (Lipinski definition) is 3. The number of carbonyl (C=O) groups is 1. The van der Waals surface area contributed by atoms with Crippen molar-refractivity contribution in [2.75, 3.05) is 18.6 Å². The number of amides is 1. The van der Waals surface area contributed by atoms with Crippen LogP contribution in [-0.4, -0.2) is 24.1 Å². The highest BCUT2D eigenvalue weighted by atomic mass is 16.5. The first-order chi connectivity index (χ1) is 11.7. The first kappa shape index (κ1) is 15.0. The number of hydrogen-bond donors (Lipinski definition) is 0. The number of ether oxygens (including phenoxy) is 1. The minimum atomic E-state index is -0.0834. The van der Waals surface area contributed by atoms with Gasteiger partial charge in [-0.25, -0.2) is 0 Å². The van der Waals surface area contributed by atoms with E-state index in [1.165, 1.54) is 18.7 Å². The van der Waals surface area contributed by atoms with E-state index in [2.05, 4.69) is 6.07 Å². The molecule has 0 radical (unpaired) electrons. The summed E-state index contributed by atoms with van der Waals surface area (Å²) < 4.78 is 7.14. The molecule has 24 heavy (non-hydrogen) atoms. The number of carbonyl (C=O) groups excluding carboxylic acids is 1. The van der Waals surface area contributed by atoms with Crippen LogP contribution in [0, 0.1) is 0 Å². The Balaban J connectivity index is 1.85. The molecule has 5 nitrogen and oxygen atoms in total. The van der Waals surface area contributed by atoms with Crippen LogP contribution in [0.15, 0.2) is 35.1 Å². The van der Waals surface area contributed by atoms with Crippen molar-refractivity contribution in [2.45, 2.75) is 32.2 Å². The third kappa shape index (κ3) is 2.23. The van der Waals surface area contributed by atoms with Crippen LogP contribution in [-0.2, 0) is 19.4 Å². The number of pyridine rings is 1. The molecule has 0 fully saturated rings. The molecule has 1 aromatic carbocycles. The Labute approximate surface area is 140 Å². The van der Waals surface area contributed by atoms with E-state index in [9.17, 15) is 9.59 Å². The van der Waals surface area contributed by atoms with E-state index in [1.54, 1.807) is 4.57 Å². The van der Waals surface area contributed by atoms with E-state index in [0.717, 1.165) is 37.1 Å². The SMILES string of the molecule is COc1cc(=O)n2c(c1C(=O)N1CCc3ccccc31)CCCC2. The average Bonchev–Trinajstić information content (AvgIpc) is 3.05. The highest BCUT2D eigenvalue weighted by Gasteiger charge is 2.31. The van der Waals surface area contributed by atoms with Gasteiger partial charge in [0.05, 0.1) is 7.11 Å². The van der Waals surface area contributed by atoms with E-state index in [0.29, 0.717) is 24.4 Å². The second-order valence-electron chi connectivity index (χ2n) is 6.32. The topological polar surface area (TPSA) is 51.5 Å². The maximum atomic E-state index is 13.3. The maximum absolute atomic E-state index is 13.3. The zero-order valence-electron chi connectivity index (χ0n) is 13.7. The molecule has 5 heteroatoms. The second-order valence-corrected chi connectivity index (χ2v) is 6.32. The Hall–Kier alpha value is -2.56. The molecule has 0 spiro atoms. The normalized spacial score (nSPS) is 15.8. The number of para-hydroxylation sites is 1. The molecular formula is C19H20N2O3. The van der Waals surface area contributed by atoms with Crippen LogP contribution in [0.5, 0.6) is 5.75 Å². The van der Waals surface area contributed by atoms with Gasteiger partial charge in [-0.2, -0.15) is 0 Å². The summed E-state index contributed by atoms with van der Waals surface area (Å²) in [5.41, 5.74) is 3.44. The number of rotatable bonds is 2. The van der Waals surface area contributed by atoms with Crippen LogP contribution < -0.4 is 15.2 Å². The number of nitrogens with zero attached hydrogens (tertiary/aromatic N) is 2. The molecule has 3 heterocycles. The van der Waals surface area contributed by atoms with E-state index in [1.807, 2.05) is 23.1 Å². The molecule has 0 N–H and O–H groups in total. The molecule has 0 atom stereocenters. The van der Waals surface area contributed by atoms with Gasteiger partial charge < -0.3 is 14.2 Å². The van der Waals surface area contributed by atoms with Gasteiger partial charge in [0.15, 0.2) is 0 Å². The highest BCUT2D eigenvalue weighted by Crippen LogP contribution is 2.32. The van der Waals surface area contributed by atoms with Gasteiger partial charge in [0.1, 0.15) is 11.3 Å². The smallest absolute Gasteiger partial charge is 0.263 e. The predicted octanol–water partition coefficient (Wildman–Crippen LogP) is 2.40. The van der Waals surface area contributed by atoms with Gasteiger partial charge in [-0.05, 0) is 37.3 Å². The molecule has 0 aliphatic carbocycles. The predicted molar refractivity (Wildman–Crippen MR) is 92.0 cm³/mol. The third-order valence-corrected chi connectivity index (χ3v) is 4.99. The van der Waals surface area contributed by atoms with E-state index >= 15 is 0 Å². The fraction of sp³-hybridized carbons (Fsp3) is 0.368. The molecule has 4 rings (SSSR count). The number of benzene rings is 1. The molecule has 124 valence electrons. The summed E-state index contributed by atoms with van der Waals surface area (Å²) in [6.07, 6.45) is 3.56. The van der Waals surface area contributed by atoms with Gasteiger partial charge in [0.25, 0.3) is 11.5 Å². The lowest BCUT2D eigenvalue weighted by Crippen LogP contribution is -2.35. The second kappa shape index (κ2) is 5.82. The standard InChI is InChI=1S/C19H20N2O3/c1-24-16-12-17(22)20-10-5-4-8-15(20)18(16)19(23)21-11-9-13-6-2-3-7-14(13)21/h2-3,6-7,12H,4-5,8-11H2,1H3. The van der Waals surface area contributed by atoms with E-state index in [4.69, 9.17) is 4.74 Å². The molecule has 0 saturated heterocycles. The molecule has 0 bridgehead atoms. The molecule has 2 aliphatic heterocycles. The fourth-order valence-electron chi connectivity index (χ4n) is 3.81. The van der Waals surface area contributed by atoms with Crippen molar-refractivity contribution < 1.29 is 9.53 Å². The number of methoxy groups -OCH3 is 1. The van der Waals surface area contributed by atoms with Crippen LogP contribution >= 0.6 is 0 Å². The van der Waals surface area contributed by atoms with Crippen molar-refractivity contribution in [2.24, 2.45) is 0 Å². The Morgan fingerprint density at radius 3 is 2.79 bits per heavy atom. The van der Waals surface area contributed by atoms with Crippen molar-refractivity contribution in [1.29, 1.82) is 0 Å². The number of fused-ring (bicyclic) bond motifs is 2. The van der Waals surface area contributed by atoms with Gasteiger partial charge in [-0.1, -0.05) is 18.2 Å². The number of aromatic nitrogens is 1. The van der Waals surface area contributed by atoms with Crippen molar-refractivity contribution in [1.82, 2.24) is 4.57 Å². The summed E-state index contributed by atoms with van der Waals surface area (Å²) >= 11 is 0. The van der Waals surface area contributed by atoms with Crippen LogP contribution in [0.4, 0.5) is 5.69 Å². The summed E-state index contributed by atoms with van der Waals surface area (Å²) in [4.78, 5) is 27.4. The zero-order chi connectivity index (χ0) is 16.7. The summed E-state index contributed by atoms with van der Waals surface area (Å²) in [7, 11) is 1.52. The number of anilines is 1. The van der Waals surface area contributed by atoms with Gasteiger partial charge in [0.2, 0.25) is 0 Å². The van der Waals surface area contributed by atoms with Crippen LogP contribution in [0.2, 0.25) is 0 Å².